The molecule has 114 valence electrons. The molecule has 2 atom stereocenters. The van der Waals surface area contributed by atoms with Gasteiger partial charge in [-0.25, -0.2) is 13.9 Å². The number of nitrogens with zero attached hydrogens (tertiary/aromatic N) is 1. The van der Waals surface area contributed by atoms with Gasteiger partial charge in [-0.05, 0) is 52.8 Å². The molecule has 2 rings (SSSR count). The van der Waals surface area contributed by atoms with Gasteiger partial charge in [-0.1, -0.05) is 23.2 Å². The lowest BCUT2D eigenvalue weighted by Gasteiger charge is -2.22. The highest BCUT2D eigenvalue weighted by atomic mass is 35.5. The van der Waals surface area contributed by atoms with Gasteiger partial charge in [0.15, 0.2) is 0 Å². The van der Waals surface area contributed by atoms with Crippen LogP contribution in [0.25, 0.3) is 10.9 Å². The third-order valence-electron chi connectivity index (χ3n) is 3.26. The van der Waals surface area contributed by atoms with Crippen molar-refractivity contribution in [3.8, 4) is 0 Å². The normalized spacial score (nSPS) is 15.1. The van der Waals surface area contributed by atoms with E-state index in [0.717, 1.165) is 16.5 Å². The average molecular weight is 325 g/mol. The van der Waals surface area contributed by atoms with Gasteiger partial charge in [-0.15, -0.1) is 0 Å². The van der Waals surface area contributed by atoms with E-state index in [1.165, 1.54) is 5.56 Å². The number of nitrogens with one attached hydrogen (secondary N) is 1. The zero-order chi connectivity index (χ0) is 15.8. The number of rotatable bonds is 3. The van der Waals surface area contributed by atoms with Gasteiger partial charge in [-0.3, -0.25) is 0 Å². The molecular weight excluding hydrogens is 304 g/mol. The van der Waals surface area contributed by atoms with Gasteiger partial charge in [-0.2, -0.15) is 0 Å². The fraction of sp³-hybridized carbons (Fsp3) is 0.438. The summed E-state index contributed by atoms with van der Waals surface area (Å²) >= 11 is 6.29. The standard InChI is InChI=1S/C16H21ClN2OS/c1-10-6-7-14-12(8-10)9-13(15(17)18-14)11(2)19-21(20)16(3,4)5/h6-9,11,19H,1-5H3/t11-,21?/m1/s1. The molecule has 3 nitrogen and oxygen atoms in total. The Kier molecular flexibility index (Phi) is 4.71. The van der Waals surface area contributed by atoms with Gasteiger partial charge < -0.3 is 0 Å². The first-order valence-electron chi connectivity index (χ1n) is 6.93. The van der Waals surface area contributed by atoms with E-state index in [-0.39, 0.29) is 10.8 Å². The van der Waals surface area contributed by atoms with E-state index in [1.54, 1.807) is 0 Å². The summed E-state index contributed by atoms with van der Waals surface area (Å²) in [5, 5.41) is 1.50. The Bertz CT molecular complexity index is 694. The third-order valence-corrected chi connectivity index (χ3v) is 5.24. The quantitative estimate of drug-likeness (QED) is 0.855. The van der Waals surface area contributed by atoms with Gasteiger partial charge >= 0.3 is 0 Å². The Morgan fingerprint density at radius 3 is 2.57 bits per heavy atom. The highest BCUT2D eigenvalue weighted by molar-refractivity contribution is 7.84. The largest absolute Gasteiger partial charge is 0.242 e. The molecule has 1 aromatic carbocycles. The van der Waals surface area contributed by atoms with Gasteiger partial charge in [0.25, 0.3) is 0 Å². The van der Waals surface area contributed by atoms with E-state index in [0.29, 0.717) is 5.15 Å². The van der Waals surface area contributed by atoms with Crippen LogP contribution in [-0.4, -0.2) is 13.9 Å². The van der Waals surface area contributed by atoms with Crippen molar-refractivity contribution in [2.45, 2.75) is 45.4 Å². The fourth-order valence-corrected chi connectivity index (χ4v) is 3.10. The molecule has 0 spiro atoms. The monoisotopic (exact) mass is 324 g/mol. The van der Waals surface area contributed by atoms with Crippen LogP contribution in [0.1, 0.15) is 44.9 Å². The van der Waals surface area contributed by atoms with Crippen molar-refractivity contribution >= 4 is 33.5 Å². The van der Waals surface area contributed by atoms with Crippen molar-refractivity contribution in [3.63, 3.8) is 0 Å². The Hall–Kier alpha value is -0.970. The zero-order valence-corrected chi connectivity index (χ0v) is 14.6. The van der Waals surface area contributed by atoms with Crippen molar-refractivity contribution in [3.05, 3.63) is 40.5 Å². The molecule has 0 aliphatic rings. The summed E-state index contributed by atoms with van der Waals surface area (Å²) in [6, 6.07) is 7.95. The topological polar surface area (TPSA) is 42.0 Å². The molecule has 0 aliphatic heterocycles. The number of hydrogen-bond acceptors (Lipinski definition) is 2. The highest BCUT2D eigenvalue weighted by Crippen LogP contribution is 2.27. The van der Waals surface area contributed by atoms with Crippen LogP contribution in [0.15, 0.2) is 24.3 Å². The van der Waals surface area contributed by atoms with Crippen molar-refractivity contribution in [1.29, 1.82) is 0 Å². The predicted molar refractivity (Wildman–Crippen MR) is 90.9 cm³/mol. The minimum Gasteiger partial charge on any atom is -0.242 e. The van der Waals surface area contributed by atoms with E-state index in [9.17, 15) is 4.21 Å². The van der Waals surface area contributed by atoms with Crippen LogP contribution in [0, 0.1) is 6.92 Å². The molecule has 0 amide bonds. The molecule has 1 N–H and O–H groups in total. The molecule has 1 unspecified atom stereocenters. The molecular formula is C16H21ClN2OS. The Balaban J connectivity index is 2.37. The number of hydrogen-bond donors (Lipinski definition) is 1. The summed E-state index contributed by atoms with van der Waals surface area (Å²) < 4.78 is 15.0. The molecule has 21 heavy (non-hydrogen) atoms. The first-order chi connectivity index (χ1) is 9.68. The number of fused-ring (bicyclic) bond motifs is 1. The zero-order valence-electron chi connectivity index (χ0n) is 13.0. The summed E-state index contributed by atoms with van der Waals surface area (Å²) in [5.74, 6) is 0. The summed E-state index contributed by atoms with van der Waals surface area (Å²) in [7, 11) is -1.15. The molecule has 0 saturated heterocycles. The van der Waals surface area contributed by atoms with E-state index >= 15 is 0 Å². The van der Waals surface area contributed by atoms with Crippen molar-refractivity contribution in [2.75, 3.05) is 0 Å². The highest BCUT2D eigenvalue weighted by Gasteiger charge is 2.23. The van der Waals surface area contributed by atoms with Gasteiger partial charge in [0, 0.05) is 17.0 Å². The van der Waals surface area contributed by atoms with E-state index < -0.39 is 11.0 Å². The van der Waals surface area contributed by atoms with E-state index in [4.69, 9.17) is 11.6 Å². The lowest BCUT2D eigenvalue weighted by atomic mass is 10.1. The molecule has 0 saturated carbocycles. The van der Waals surface area contributed by atoms with E-state index in [1.807, 2.05) is 52.8 Å². The lowest BCUT2D eigenvalue weighted by Crippen LogP contribution is -2.34. The van der Waals surface area contributed by atoms with Crippen molar-refractivity contribution in [2.24, 2.45) is 0 Å². The third kappa shape index (κ3) is 3.82. The number of aryl methyl sites for hydroxylation is 1. The van der Waals surface area contributed by atoms with Gasteiger partial charge in [0.05, 0.1) is 21.2 Å². The van der Waals surface area contributed by atoms with Crippen LogP contribution in [0.3, 0.4) is 0 Å². The number of halogens is 1. The SMILES string of the molecule is Cc1ccc2nc(Cl)c([C@@H](C)NS(=O)C(C)(C)C)cc2c1. The van der Waals surface area contributed by atoms with Crippen LogP contribution < -0.4 is 4.72 Å². The second-order valence-corrected chi connectivity index (χ2v) is 8.64. The second-order valence-electron chi connectivity index (χ2n) is 6.29. The lowest BCUT2D eigenvalue weighted by molar-refractivity contribution is 0.616. The number of aromatic nitrogens is 1. The maximum atomic E-state index is 12.2. The number of benzene rings is 1. The fourth-order valence-electron chi connectivity index (χ4n) is 1.99. The summed E-state index contributed by atoms with van der Waals surface area (Å²) in [6.45, 7) is 9.81. The summed E-state index contributed by atoms with van der Waals surface area (Å²) in [5.41, 5.74) is 2.92. The molecule has 2 aromatic rings. The first kappa shape index (κ1) is 16.4. The van der Waals surface area contributed by atoms with Gasteiger partial charge in [0.1, 0.15) is 5.15 Å². The first-order valence-corrected chi connectivity index (χ1v) is 8.46. The van der Waals surface area contributed by atoms with E-state index in [2.05, 4.69) is 15.8 Å². The Labute approximate surface area is 133 Å². The summed E-state index contributed by atoms with van der Waals surface area (Å²) in [6.07, 6.45) is 0. The second kappa shape index (κ2) is 6.03. The Morgan fingerprint density at radius 1 is 1.29 bits per heavy atom. The van der Waals surface area contributed by atoms with Crippen LogP contribution in [0.5, 0.6) is 0 Å². The molecule has 0 aliphatic carbocycles. The minimum atomic E-state index is -1.15. The molecule has 0 fully saturated rings. The maximum Gasteiger partial charge on any atom is 0.134 e. The van der Waals surface area contributed by atoms with Crippen molar-refractivity contribution < 1.29 is 4.21 Å². The minimum absolute atomic E-state index is 0.130. The molecule has 1 heterocycles. The van der Waals surface area contributed by atoms with Crippen LogP contribution >= 0.6 is 11.6 Å². The van der Waals surface area contributed by atoms with Crippen molar-refractivity contribution in [1.82, 2.24) is 9.71 Å². The van der Waals surface area contributed by atoms with Crippen LogP contribution in [-0.2, 0) is 11.0 Å². The van der Waals surface area contributed by atoms with Crippen LogP contribution in [0.2, 0.25) is 5.15 Å². The predicted octanol–water partition coefficient (Wildman–Crippen LogP) is 4.31. The molecule has 5 heteroatoms. The molecule has 1 aromatic heterocycles. The molecule has 0 bridgehead atoms. The number of pyridine rings is 1. The maximum absolute atomic E-state index is 12.2. The smallest absolute Gasteiger partial charge is 0.134 e. The van der Waals surface area contributed by atoms with Gasteiger partial charge in [0.2, 0.25) is 0 Å². The summed E-state index contributed by atoms with van der Waals surface area (Å²) in [4.78, 5) is 4.43. The average Bonchev–Trinajstić information content (AvgIpc) is 2.37. The molecule has 0 radical (unpaired) electrons. The van der Waals surface area contributed by atoms with Crippen LogP contribution in [0.4, 0.5) is 0 Å². The Morgan fingerprint density at radius 2 is 1.95 bits per heavy atom.